The number of pyridine rings is 1. The van der Waals surface area contributed by atoms with Gasteiger partial charge in [0.2, 0.25) is 0 Å². The highest BCUT2D eigenvalue weighted by Crippen LogP contribution is 2.30. The molecule has 140 valence electrons. The van der Waals surface area contributed by atoms with Crippen molar-refractivity contribution < 1.29 is 5.11 Å². The van der Waals surface area contributed by atoms with Crippen molar-refractivity contribution in [1.82, 2.24) is 14.6 Å². The second kappa shape index (κ2) is 7.09. The fraction of sp³-hybridized carbons (Fsp3) is 0. The van der Waals surface area contributed by atoms with Gasteiger partial charge in [0, 0.05) is 5.56 Å². The van der Waals surface area contributed by atoms with Crippen molar-refractivity contribution in [3.05, 3.63) is 90.5 Å². The second-order valence-electron chi connectivity index (χ2n) is 6.59. The Labute approximate surface area is 166 Å². The molecule has 0 radical (unpaired) electrons. The number of para-hydroxylation sites is 3. The molecule has 6 heteroatoms. The molecule has 0 saturated heterocycles. The maximum atomic E-state index is 10.3. The molecule has 0 bridgehead atoms. The lowest BCUT2D eigenvalue weighted by molar-refractivity contribution is 0.477. The quantitative estimate of drug-likeness (QED) is 0.351. The van der Waals surface area contributed by atoms with Crippen LogP contribution in [0.5, 0.6) is 5.75 Å². The smallest absolute Gasteiger partial charge is 0.172 e. The van der Waals surface area contributed by atoms with Crippen LogP contribution in [0.3, 0.4) is 0 Å². The number of hydrogen-bond acceptors (Lipinski definition) is 5. The lowest BCUT2D eigenvalue weighted by Gasteiger charge is -2.08. The predicted octanol–water partition coefficient (Wildman–Crippen LogP) is 4.70. The lowest BCUT2D eigenvalue weighted by atomic mass is 10.1. The van der Waals surface area contributed by atoms with Gasteiger partial charge in [-0.25, -0.2) is 0 Å². The van der Waals surface area contributed by atoms with E-state index in [2.05, 4.69) is 20.7 Å². The molecule has 0 atom stereocenters. The first-order chi connectivity index (χ1) is 14.3. The van der Waals surface area contributed by atoms with E-state index in [1.807, 2.05) is 77.2 Å². The summed E-state index contributed by atoms with van der Waals surface area (Å²) in [4.78, 5) is 0. The molecule has 0 aliphatic heterocycles. The highest BCUT2D eigenvalue weighted by Gasteiger charge is 2.16. The number of nitrogens with zero attached hydrogens (tertiary/aromatic N) is 4. The number of fused-ring (bicyclic) bond motifs is 3. The van der Waals surface area contributed by atoms with Gasteiger partial charge in [0.15, 0.2) is 11.5 Å². The summed E-state index contributed by atoms with van der Waals surface area (Å²) in [7, 11) is 0. The maximum Gasteiger partial charge on any atom is 0.172 e. The molecule has 0 aliphatic rings. The Hall–Kier alpha value is -4.19. The van der Waals surface area contributed by atoms with E-state index in [9.17, 15) is 5.11 Å². The van der Waals surface area contributed by atoms with Crippen LogP contribution in [0.25, 0.3) is 27.9 Å². The molecular formula is C23H17N5O. The number of hydrogen-bond donors (Lipinski definition) is 2. The Bertz CT molecular complexity index is 1340. The zero-order chi connectivity index (χ0) is 19.6. The Balaban J connectivity index is 1.68. The number of anilines is 1. The third kappa shape index (κ3) is 3.06. The van der Waals surface area contributed by atoms with Crippen molar-refractivity contribution in [3.8, 4) is 17.1 Å². The van der Waals surface area contributed by atoms with Gasteiger partial charge >= 0.3 is 0 Å². The van der Waals surface area contributed by atoms with Crippen LogP contribution in [0.1, 0.15) is 5.56 Å². The Kier molecular flexibility index (Phi) is 4.14. The summed E-state index contributed by atoms with van der Waals surface area (Å²) in [6, 6.07) is 26.9. The minimum Gasteiger partial charge on any atom is -0.507 e. The Morgan fingerprint density at radius 1 is 0.862 bits per heavy atom. The number of rotatable bonds is 4. The van der Waals surface area contributed by atoms with Crippen molar-refractivity contribution >= 4 is 28.5 Å². The van der Waals surface area contributed by atoms with Crippen LogP contribution in [0, 0.1) is 0 Å². The zero-order valence-corrected chi connectivity index (χ0v) is 15.4. The predicted molar refractivity (Wildman–Crippen MR) is 115 cm³/mol. The molecule has 2 heterocycles. The van der Waals surface area contributed by atoms with Crippen molar-refractivity contribution in [1.29, 1.82) is 0 Å². The normalized spacial score (nSPS) is 11.4. The van der Waals surface area contributed by atoms with Crippen LogP contribution < -0.4 is 5.43 Å². The highest BCUT2D eigenvalue weighted by molar-refractivity contribution is 5.96. The van der Waals surface area contributed by atoms with E-state index in [4.69, 9.17) is 0 Å². The number of nitrogens with one attached hydrogen (secondary N) is 1. The number of phenolic OH excluding ortho intramolecular Hbond substituents is 1. The Morgan fingerprint density at radius 3 is 2.48 bits per heavy atom. The number of aromatic hydroxyl groups is 1. The van der Waals surface area contributed by atoms with Gasteiger partial charge in [0.25, 0.3) is 0 Å². The molecule has 6 nitrogen and oxygen atoms in total. The van der Waals surface area contributed by atoms with E-state index in [1.165, 1.54) is 0 Å². The van der Waals surface area contributed by atoms with Gasteiger partial charge in [0.05, 0.1) is 23.0 Å². The van der Waals surface area contributed by atoms with Gasteiger partial charge in [-0.2, -0.15) is 5.10 Å². The second-order valence-corrected chi connectivity index (χ2v) is 6.59. The summed E-state index contributed by atoms with van der Waals surface area (Å²) in [5, 5.41) is 24.5. The van der Waals surface area contributed by atoms with Crippen LogP contribution in [0.4, 0.5) is 5.69 Å². The third-order valence-electron chi connectivity index (χ3n) is 4.73. The average molecular weight is 379 g/mol. The van der Waals surface area contributed by atoms with Crippen molar-refractivity contribution in [2.24, 2.45) is 5.10 Å². The van der Waals surface area contributed by atoms with Gasteiger partial charge in [0.1, 0.15) is 5.75 Å². The molecule has 5 rings (SSSR count). The minimum absolute atomic E-state index is 0.163. The van der Waals surface area contributed by atoms with Crippen LogP contribution in [-0.2, 0) is 0 Å². The zero-order valence-electron chi connectivity index (χ0n) is 15.4. The first-order valence-corrected chi connectivity index (χ1v) is 9.20. The summed E-state index contributed by atoms with van der Waals surface area (Å²) < 4.78 is 1.95. The van der Waals surface area contributed by atoms with E-state index in [0.29, 0.717) is 17.0 Å². The van der Waals surface area contributed by atoms with Crippen molar-refractivity contribution in [2.75, 3.05) is 5.43 Å². The summed E-state index contributed by atoms with van der Waals surface area (Å²) >= 11 is 0. The molecule has 0 amide bonds. The van der Waals surface area contributed by atoms with Crippen LogP contribution in [-0.4, -0.2) is 25.9 Å². The highest BCUT2D eigenvalue weighted by atomic mass is 16.3. The van der Waals surface area contributed by atoms with E-state index >= 15 is 0 Å². The molecule has 5 aromatic rings. The largest absolute Gasteiger partial charge is 0.507 e. The van der Waals surface area contributed by atoms with Gasteiger partial charge in [-0.1, -0.05) is 48.5 Å². The number of hydrazone groups is 1. The number of benzene rings is 3. The molecule has 29 heavy (non-hydrogen) atoms. The monoisotopic (exact) mass is 379 g/mol. The first-order valence-electron chi connectivity index (χ1n) is 9.20. The Morgan fingerprint density at radius 2 is 1.62 bits per heavy atom. The molecule has 2 aromatic heterocycles. The number of aromatic nitrogens is 3. The van der Waals surface area contributed by atoms with Gasteiger partial charge < -0.3 is 5.11 Å². The molecule has 0 spiro atoms. The van der Waals surface area contributed by atoms with Crippen molar-refractivity contribution in [2.45, 2.75) is 0 Å². The van der Waals surface area contributed by atoms with E-state index in [1.54, 1.807) is 18.3 Å². The van der Waals surface area contributed by atoms with E-state index in [-0.39, 0.29) is 5.75 Å². The average Bonchev–Trinajstić information content (AvgIpc) is 3.20. The fourth-order valence-corrected chi connectivity index (χ4v) is 3.37. The molecule has 0 fully saturated rings. The van der Waals surface area contributed by atoms with Crippen LogP contribution >= 0.6 is 0 Å². The van der Waals surface area contributed by atoms with Gasteiger partial charge in [-0.15, -0.1) is 10.2 Å². The molecule has 2 N–H and O–H groups in total. The summed E-state index contributed by atoms with van der Waals surface area (Å²) in [5.74, 6) is 0.747. The lowest BCUT2D eigenvalue weighted by Crippen LogP contribution is -1.98. The van der Waals surface area contributed by atoms with Gasteiger partial charge in [-0.05, 0) is 41.8 Å². The first kappa shape index (κ1) is 16.9. The molecule has 0 aliphatic carbocycles. The molecule has 3 aromatic carbocycles. The third-order valence-corrected chi connectivity index (χ3v) is 4.73. The summed E-state index contributed by atoms with van der Waals surface area (Å²) in [5.41, 5.74) is 7.00. The van der Waals surface area contributed by atoms with Crippen LogP contribution in [0.15, 0.2) is 90.0 Å². The van der Waals surface area contributed by atoms with E-state index in [0.717, 1.165) is 22.2 Å². The molecule has 0 saturated carbocycles. The molecule has 0 unspecified atom stereocenters. The standard InChI is InChI=1S/C23H17N5O/c29-21-13-7-5-11-19(21)23-27-26-22-17(15-24-25-18-9-2-1-3-10-18)14-16-8-4-6-12-20(16)28(22)23/h1-15,25,29H/b24-15+. The van der Waals surface area contributed by atoms with Gasteiger partial charge in [-0.3, -0.25) is 9.83 Å². The van der Waals surface area contributed by atoms with Crippen molar-refractivity contribution in [3.63, 3.8) is 0 Å². The maximum absolute atomic E-state index is 10.3. The summed E-state index contributed by atoms with van der Waals surface area (Å²) in [6.45, 7) is 0. The van der Waals surface area contributed by atoms with E-state index < -0.39 is 0 Å². The summed E-state index contributed by atoms with van der Waals surface area (Å²) in [6.07, 6.45) is 1.73. The SMILES string of the molecule is Oc1ccccc1-c1nnc2c(/C=N/Nc3ccccc3)cc3ccccc3n12. The molecular weight excluding hydrogens is 362 g/mol. The number of phenols is 1. The van der Waals surface area contributed by atoms with Crippen LogP contribution in [0.2, 0.25) is 0 Å². The minimum atomic E-state index is 0.163. The topological polar surface area (TPSA) is 74.8 Å². The fourth-order valence-electron chi connectivity index (χ4n) is 3.37.